The molecule has 1 aromatic carbocycles. The normalized spacial score (nSPS) is 19.1. The molecule has 1 atom stereocenters. The fourth-order valence-electron chi connectivity index (χ4n) is 2.07. The average Bonchev–Trinajstić information content (AvgIpc) is 2.71. The van der Waals surface area contributed by atoms with Crippen LogP contribution < -0.4 is 5.73 Å². The number of nitrogens with two attached hydrogens (primary N) is 1. The zero-order chi connectivity index (χ0) is 13.0. The van der Waals surface area contributed by atoms with Gasteiger partial charge in [-0.15, -0.1) is 0 Å². The molecule has 18 heavy (non-hydrogen) atoms. The van der Waals surface area contributed by atoms with Gasteiger partial charge in [-0.3, -0.25) is 4.90 Å². The average molecular weight is 250 g/mol. The third-order valence-corrected chi connectivity index (χ3v) is 3.11. The van der Waals surface area contributed by atoms with Crippen LogP contribution in [-0.4, -0.2) is 35.3 Å². The Morgan fingerprint density at radius 2 is 2.11 bits per heavy atom. The molecule has 0 saturated carbocycles. The Bertz CT molecular complexity index is 405. The number of benzene rings is 1. The van der Waals surface area contributed by atoms with Gasteiger partial charge in [-0.2, -0.15) is 0 Å². The smallest absolute Gasteiger partial charge is 0.410 e. The standard InChI is InChI=1S/C13H18N2O3/c14-7-1-2-11-9-18-13(17)15(11)8-10-3-5-12(16)6-4-10/h3-6,11,16H,1-2,7-9,14H2. The van der Waals surface area contributed by atoms with Crippen LogP contribution in [0.25, 0.3) is 0 Å². The highest BCUT2D eigenvalue weighted by Gasteiger charge is 2.32. The minimum atomic E-state index is -0.273. The summed E-state index contributed by atoms with van der Waals surface area (Å²) in [4.78, 5) is 13.4. The lowest BCUT2D eigenvalue weighted by molar-refractivity contribution is 0.156. The number of cyclic esters (lactones) is 1. The number of carbonyl (C=O) groups is 1. The van der Waals surface area contributed by atoms with Crippen molar-refractivity contribution < 1.29 is 14.6 Å². The molecule has 0 aromatic heterocycles. The van der Waals surface area contributed by atoms with Crippen molar-refractivity contribution in [3.8, 4) is 5.75 Å². The molecular formula is C13H18N2O3. The van der Waals surface area contributed by atoms with Gasteiger partial charge in [0.1, 0.15) is 12.4 Å². The van der Waals surface area contributed by atoms with E-state index in [1.165, 1.54) is 0 Å². The van der Waals surface area contributed by atoms with E-state index in [1.54, 1.807) is 29.2 Å². The van der Waals surface area contributed by atoms with Gasteiger partial charge in [0.25, 0.3) is 0 Å². The molecule has 0 aliphatic carbocycles. The molecule has 1 amide bonds. The van der Waals surface area contributed by atoms with Crippen molar-refractivity contribution in [3.05, 3.63) is 29.8 Å². The number of hydrogen-bond acceptors (Lipinski definition) is 4. The minimum absolute atomic E-state index is 0.106. The summed E-state index contributed by atoms with van der Waals surface area (Å²) in [6, 6.07) is 6.95. The van der Waals surface area contributed by atoms with Crippen molar-refractivity contribution in [1.29, 1.82) is 0 Å². The third-order valence-electron chi connectivity index (χ3n) is 3.11. The molecule has 98 valence electrons. The molecular weight excluding hydrogens is 232 g/mol. The Morgan fingerprint density at radius 1 is 1.39 bits per heavy atom. The summed E-state index contributed by atoms with van der Waals surface area (Å²) in [5.41, 5.74) is 6.46. The summed E-state index contributed by atoms with van der Waals surface area (Å²) in [6.45, 7) is 1.57. The minimum Gasteiger partial charge on any atom is -0.508 e. The molecule has 1 fully saturated rings. The maximum atomic E-state index is 11.6. The molecule has 1 aliphatic heterocycles. The highest BCUT2D eigenvalue weighted by Crippen LogP contribution is 2.20. The zero-order valence-electron chi connectivity index (χ0n) is 10.2. The molecule has 0 radical (unpaired) electrons. The van der Waals surface area contributed by atoms with Crippen molar-refractivity contribution in [2.45, 2.75) is 25.4 Å². The number of carbonyl (C=O) groups excluding carboxylic acids is 1. The molecule has 2 rings (SSSR count). The highest BCUT2D eigenvalue weighted by atomic mass is 16.6. The van der Waals surface area contributed by atoms with Gasteiger partial charge in [0.05, 0.1) is 6.04 Å². The SMILES string of the molecule is NCCCC1COC(=O)N1Cc1ccc(O)cc1. The third kappa shape index (κ3) is 2.92. The van der Waals surface area contributed by atoms with E-state index in [0.717, 1.165) is 18.4 Å². The number of hydrogen-bond donors (Lipinski definition) is 2. The Morgan fingerprint density at radius 3 is 2.78 bits per heavy atom. The van der Waals surface area contributed by atoms with E-state index in [9.17, 15) is 9.90 Å². The largest absolute Gasteiger partial charge is 0.508 e. The quantitative estimate of drug-likeness (QED) is 0.829. The van der Waals surface area contributed by atoms with Crippen LogP contribution >= 0.6 is 0 Å². The van der Waals surface area contributed by atoms with Crippen LogP contribution in [0.5, 0.6) is 5.75 Å². The molecule has 5 nitrogen and oxygen atoms in total. The lowest BCUT2D eigenvalue weighted by Gasteiger charge is -2.21. The fraction of sp³-hybridized carbons (Fsp3) is 0.462. The molecule has 1 aromatic rings. The predicted molar refractivity (Wildman–Crippen MR) is 67.1 cm³/mol. The Labute approximate surface area is 106 Å². The van der Waals surface area contributed by atoms with Gasteiger partial charge >= 0.3 is 6.09 Å². The van der Waals surface area contributed by atoms with Gasteiger partial charge in [-0.05, 0) is 37.1 Å². The van der Waals surface area contributed by atoms with Gasteiger partial charge in [0.15, 0.2) is 0 Å². The zero-order valence-corrected chi connectivity index (χ0v) is 10.2. The monoisotopic (exact) mass is 250 g/mol. The van der Waals surface area contributed by atoms with Crippen molar-refractivity contribution in [2.24, 2.45) is 5.73 Å². The lowest BCUT2D eigenvalue weighted by atomic mass is 10.1. The van der Waals surface area contributed by atoms with Crippen molar-refractivity contribution in [1.82, 2.24) is 4.90 Å². The van der Waals surface area contributed by atoms with Gasteiger partial charge < -0.3 is 15.6 Å². The molecule has 1 saturated heterocycles. The summed E-state index contributed by atoms with van der Waals surface area (Å²) in [5.74, 6) is 0.224. The molecule has 0 bridgehead atoms. The van der Waals surface area contributed by atoms with Crippen LogP contribution in [0.1, 0.15) is 18.4 Å². The fourth-order valence-corrected chi connectivity index (χ4v) is 2.07. The van der Waals surface area contributed by atoms with E-state index < -0.39 is 0 Å². The summed E-state index contributed by atoms with van der Waals surface area (Å²) < 4.78 is 5.07. The first-order chi connectivity index (χ1) is 8.70. The van der Waals surface area contributed by atoms with E-state index in [4.69, 9.17) is 10.5 Å². The second-order valence-electron chi connectivity index (χ2n) is 4.46. The number of nitrogens with zero attached hydrogens (tertiary/aromatic N) is 1. The molecule has 3 N–H and O–H groups in total. The van der Waals surface area contributed by atoms with E-state index in [-0.39, 0.29) is 17.9 Å². The molecule has 5 heteroatoms. The van der Waals surface area contributed by atoms with Gasteiger partial charge in [0.2, 0.25) is 0 Å². The van der Waals surface area contributed by atoms with Crippen LogP contribution in [0.15, 0.2) is 24.3 Å². The van der Waals surface area contributed by atoms with Crippen LogP contribution in [0, 0.1) is 0 Å². The summed E-state index contributed by atoms with van der Waals surface area (Å²) in [7, 11) is 0. The van der Waals surface area contributed by atoms with Gasteiger partial charge in [0, 0.05) is 6.54 Å². The molecule has 0 spiro atoms. The number of phenols is 1. The number of amides is 1. The van der Waals surface area contributed by atoms with E-state index in [0.29, 0.717) is 19.7 Å². The molecule has 1 unspecified atom stereocenters. The van der Waals surface area contributed by atoms with Crippen LogP contribution in [0.2, 0.25) is 0 Å². The van der Waals surface area contributed by atoms with E-state index >= 15 is 0 Å². The van der Waals surface area contributed by atoms with Crippen LogP contribution in [0.3, 0.4) is 0 Å². The Balaban J connectivity index is 2.00. The first-order valence-electron chi connectivity index (χ1n) is 6.12. The molecule has 1 heterocycles. The summed E-state index contributed by atoms with van der Waals surface area (Å²) in [5, 5.41) is 9.22. The number of aromatic hydroxyl groups is 1. The van der Waals surface area contributed by atoms with E-state index in [2.05, 4.69) is 0 Å². The maximum Gasteiger partial charge on any atom is 0.410 e. The Hall–Kier alpha value is -1.75. The maximum absolute atomic E-state index is 11.6. The Kier molecular flexibility index (Phi) is 4.04. The highest BCUT2D eigenvalue weighted by molar-refractivity contribution is 5.70. The summed E-state index contributed by atoms with van der Waals surface area (Å²) in [6.07, 6.45) is 1.47. The first kappa shape index (κ1) is 12.7. The second-order valence-corrected chi connectivity index (χ2v) is 4.46. The topological polar surface area (TPSA) is 75.8 Å². The van der Waals surface area contributed by atoms with Gasteiger partial charge in [-0.25, -0.2) is 4.79 Å². The van der Waals surface area contributed by atoms with Crippen molar-refractivity contribution in [2.75, 3.05) is 13.2 Å². The van der Waals surface area contributed by atoms with Crippen molar-refractivity contribution >= 4 is 6.09 Å². The van der Waals surface area contributed by atoms with E-state index in [1.807, 2.05) is 0 Å². The first-order valence-corrected chi connectivity index (χ1v) is 6.12. The van der Waals surface area contributed by atoms with Crippen LogP contribution in [0.4, 0.5) is 4.79 Å². The van der Waals surface area contributed by atoms with Gasteiger partial charge in [-0.1, -0.05) is 12.1 Å². The number of rotatable bonds is 5. The van der Waals surface area contributed by atoms with Crippen LogP contribution in [-0.2, 0) is 11.3 Å². The lowest BCUT2D eigenvalue weighted by Crippen LogP contribution is -2.33. The number of phenolic OH excluding ortho intramolecular Hbond substituents is 1. The predicted octanol–water partition coefficient (Wildman–Crippen LogP) is 1.45. The summed E-state index contributed by atoms with van der Waals surface area (Å²) >= 11 is 0. The second kappa shape index (κ2) is 5.73. The molecule has 1 aliphatic rings. The van der Waals surface area contributed by atoms with Crippen molar-refractivity contribution in [3.63, 3.8) is 0 Å². The number of ether oxygens (including phenoxy) is 1.